The van der Waals surface area contributed by atoms with Gasteiger partial charge in [-0.2, -0.15) is 66.6 Å². The summed E-state index contributed by atoms with van der Waals surface area (Å²) in [6, 6.07) is 9.34. The van der Waals surface area contributed by atoms with Crippen molar-refractivity contribution in [2.45, 2.75) is 180 Å². The molecule has 9 rings (SSSR count). The molecule has 9 aromatic heterocycles. The average molecular weight is 1070 g/mol. The number of aromatic amines is 3. The number of nitrogens with one attached hydrogen (secondary N) is 3. The van der Waals surface area contributed by atoms with Gasteiger partial charge >= 0.3 is 0 Å². The monoisotopic (exact) mass is 1070 g/mol. The van der Waals surface area contributed by atoms with E-state index >= 15 is 0 Å². The third kappa shape index (κ3) is 82.2. The molecule has 0 aliphatic carbocycles. The predicted molar refractivity (Wildman–Crippen MR) is 320 cm³/mol. The fraction of sp³-hybridized carbons (Fsp3) is 0.491. The minimum Gasteiger partial charge on any atom is -0.256 e. The van der Waals surface area contributed by atoms with E-state index in [1.807, 2.05) is 211 Å². The maximum absolute atomic E-state index is 3.87. The highest BCUT2D eigenvalue weighted by Gasteiger charge is 1.80. The van der Waals surface area contributed by atoms with Gasteiger partial charge in [0, 0.05) is 62.3 Å². The molecule has 0 saturated carbocycles. The Morgan fingerprint density at radius 2 is 0.818 bits per heavy atom. The van der Waals surface area contributed by atoms with Crippen LogP contribution in [0.3, 0.4) is 0 Å². The fourth-order valence-corrected chi connectivity index (χ4v) is 2.88. The highest BCUT2D eigenvalue weighted by atomic mass is 15.4. The Kier molecular flexibility index (Phi) is 97.5. The van der Waals surface area contributed by atoms with Gasteiger partial charge in [0.15, 0.2) is 0 Å². The van der Waals surface area contributed by atoms with Crippen LogP contribution in [-0.4, -0.2) is 112 Å². The first kappa shape index (κ1) is 88.6. The maximum atomic E-state index is 3.87. The molecule has 0 aliphatic heterocycles. The molecule has 0 radical (unpaired) electrons. The quantitative estimate of drug-likeness (QED) is 0.127. The maximum Gasteiger partial charge on any atom is 0.125 e. The van der Waals surface area contributed by atoms with E-state index in [4.69, 9.17) is 0 Å². The SMILES string of the molecule is CC.CC.CC.CC.CC.CC.CC.CC.CC.Cc1cccnn1.Cc1ccncn1.Cc1ccnnc1.Cc1cn[nH]n1.Cc1cn[nH]n1.Cc1cn[nH]n1.Cc1cncnc1.Cc1ncccn1.Cn1ccnn1. The number of aryl methyl sites for hydroxylation is 9. The topological polar surface area (TPSA) is 284 Å². The van der Waals surface area contributed by atoms with E-state index in [0.717, 1.165) is 45.4 Å². The molecule has 0 atom stereocenters. The molecular formula is C55H104N22. The van der Waals surface area contributed by atoms with Gasteiger partial charge in [-0.1, -0.05) is 130 Å². The molecule has 3 N–H and O–H groups in total. The number of aromatic nitrogens is 22. The summed E-state index contributed by atoms with van der Waals surface area (Å²) < 4.78 is 1.64. The Bertz CT molecular complexity index is 1790. The molecule has 77 heavy (non-hydrogen) atoms. The Balaban J connectivity index is -0.0000000931. The van der Waals surface area contributed by atoms with E-state index in [1.165, 1.54) is 12.7 Å². The van der Waals surface area contributed by atoms with E-state index in [2.05, 4.69) is 107 Å². The Morgan fingerprint density at radius 1 is 0.351 bits per heavy atom. The molecule has 0 bridgehead atoms. The number of rotatable bonds is 0. The first-order chi connectivity index (χ1) is 37.5. The van der Waals surface area contributed by atoms with Gasteiger partial charge in [-0.3, -0.25) is 4.68 Å². The Hall–Kier alpha value is -8.04. The second kappa shape index (κ2) is 84.8. The summed E-state index contributed by atoms with van der Waals surface area (Å²) >= 11 is 0. The Morgan fingerprint density at radius 3 is 0.974 bits per heavy atom. The number of H-pyrrole nitrogens is 3. The summed E-state index contributed by atoms with van der Waals surface area (Å²) in [5.41, 5.74) is 7.00. The minimum atomic E-state index is 0.822. The van der Waals surface area contributed by atoms with Gasteiger partial charge in [0.2, 0.25) is 0 Å². The molecule has 0 spiro atoms. The molecule has 9 heterocycles. The van der Waals surface area contributed by atoms with Crippen molar-refractivity contribution in [3.05, 3.63) is 169 Å². The highest BCUT2D eigenvalue weighted by Crippen LogP contribution is 1.87. The minimum absolute atomic E-state index is 0.822. The first-order valence-corrected chi connectivity index (χ1v) is 26.5. The lowest BCUT2D eigenvalue weighted by Crippen LogP contribution is -1.85. The lowest BCUT2D eigenvalue weighted by atomic mass is 10.4. The molecule has 0 unspecified atom stereocenters. The van der Waals surface area contributed by atoms with Gasteiger partial charge in [0.1, 0.15) is 18.5 Å². The summed E-state index contributed by atoms with van der Waals surface area (Å²) in [5, 5.41) is 50.8. The van der Waals surface area contributed by atoms with Crippen molar-refractivity contribution < 1.29 is 0 Å². The lowest BCUT2D eigenvalue weighted by molar-refractivity contribution is 0.715. The van der Waals surface area contributed by atoms with Gasteiger partial charge < -0.3 is 0 Å². The Labute approximate surface area is 466 Å². The van der Waals surface area contributed by atoms with Crippen molar-refractivity contribution in [1.82, 2.24) is 112 Å². The molecule has 22 heteroatoms. The zero-order chi connectivity index (χ0) is 61.2. The molecule has 22 nitrogen and oxygen atoms in total. The fourth-order valence-electron chi connectivity index (χ4n) is 2.88. The van der Waals surface area contributed by atoms with Crippen molar-refractivity contribution in [3.8, 4) is 0 Å². The number of hydrogen-bond donors (Lipinski definition) is 3. The van der Waals surface area contributed by atoms with Crippen LogP contribution in [0.4, 0.5) is 0 Å². The smallest absolute Gasteiger partial charge is 0.125 e. The molecule has 0 aromatic carbocycles. The van der Waals surface area contributed by atoms with E-state index < -0.39 is 0 Å². The second-order valence-electron chi connectivity index (χ2n) is 11.3. The van der Waals surface area contributed by atoms with Crippen LogP contribution in [0.1, 0.15) is 170 Å². The molecule has 0 amide bonds. The molecule has 9 aromatic rings. The van der Waals surface area contributed by atoms with Crippen LogP contribution in [0, 0.1) is 55.4 Å². The predicted octanol–water partition coefficient (Wildman–Crippen LogP) is 13.3. The third-order valence-electron chi connectivity index (χ3n) is 5.70. The molecule has 0 saturated heterocycles. The second-order valence-corrected chi connectivity index (χ2v) is 11.3. The summed E-state index contributed by atoms with van der Waals surface area (Å²) in [6.45, 7) is 51.3. The van der Waals surface area contributed by atoms with Gasteiger partial charge in [-0.05, 0) is 96.8 Å². The van der Waals surface area contributed by atoms with E-state index in [1.54, 1.807) is 91.3 Å². The van der Waals surface area contributed by atoms with Gasteiger partial charge in [-0.25, -0.2) is 29.9 Å². The summed E-state index contributed by atoms with van der Waals surface area (Å²) in [5.74, 6) is 0.822. The summed E-state index contributed by atoms with van der Waals surface area (Å²) in [7, 11) is 1.83. The molecular weight excluding hydrogens is 969 g/mol. The van der Waals surface area contributed by atoms with Crippen LogP contribution in [0.2, 0.25) is 0 Å². The van der Waals surface area contributed by atoms with E-state index in [-0.39, 0.29) is 0 Å². The van der Waals surface area contributed by atoms with Crippen LogP contribution in [0.25, 0.3) is 0 Å². The van der Waals surface area contributed by atoms with Crippen molar-refractivity contribution in [3.63, 3.8) is 0 Å². The highest BCUT2D eigenvalue weighted by molar-refractivity contribution is 5.00. The molecule has 0 aliphatic rings. The average Bonchev–Trinajstić information content (AvgIpc) is 4.39. The van der Waals surface area contributed by atoms with Crippen LogP contribution >= 0.6 is 0 Å². The van der Waals surface area contributed by atoms with Crippen molar-refractivity contribution >= 4 is 0 Å². The third-order valence-corrected chi connectivity index (χ3v) is 5.70. The number of hydrogen-bond acceptors (Lipinski definition) is 18. The van der Waals surface area contributed by atoms with Crippen LogP contribution < -0.4 is 0 Å². The van der Waals surface area contributed by atoms with Gasteiger partial charge in [0.05, 0.1) is 53.8 Å². The first-order valence-electron chi connectivity index (χ1n) is 26.5. The zero-order valence-corrected chi connectivity index (χ0v) is 52.5. The van der Waals surface area contributed by atoms with Gasteiger partial charge in [0.25, 0.3) is 0 Å². The van der Waals surface area contributed by atoms with Crippen LogP contribution in [0.5, 0.6) is 0 Å². The van der Waals surface area contributed by atoms with Crippen LogP contribution in [0.15, 0.2) is 124 Å². The molecule has 0 fully saturated rings. The normalized spacial score (nSPS) is 7.42. The zero-order valence-electron chi connectivity index (χ0n) is 52.5. The standard InChI is InChI=1S/5C5H6N2.4C3H5N3.9C2H6/c1-5-2-6-4-7-3-5;1-5-2-3-6-4-7-5;1-5-2-3-6-7-4-5;1-5-6-3-2-4-7-5;1-5-3-2-4-6-7-5;1-6-3-2-4-5-6;3*1-3-2-4-6-5-3;9*1-2/h5*2-4H,1H3;2-3H,1H3;3*2H,1H3,(H,4,5,6);9*1-2H3. The van der Waals surface area contributed by atoms with E-state index in [0.29, 0.717) is 0 Å². The molecule has 434 valence electrons. The van der Waals surface area contributed by atoms with Crippen molar-refractivity contribution in [2.75, 3.05) is 0 Å². The lowest BCUT2D eigenvalue weighted by Gasteiger charge is -1.81. The largest absolute Gasteiger partial charge is 0.256 e. The number of nitrogens with zero attached hydrogens (tertiary/aromatic N) is 19. The summed E-state index contributed by atoms with van der Waals surface area (Å²) in [4.78, 5) is 22.9. The van der Waals surface area contributed by atoms with Crippen molar-refractivity contribution in [2.24, 2.45) is 7.05 Å². The van der Waals surface area contributed by atoms with Gasteiger partial charge in [-0.15, -0.1) is 5.10 Å². The summed E-state index contributed by atoms with van der Waals surface area (Å²) in [6.07, 6.45) is 25.2. The van der Waals surface area contributed by atoms with Crippen molar-refractivity contribution in [1.29, 1.82) is 0 Å². The van der Waals surface area contributed by atoms with E-state index in [9.17, 15) is 0 Å². The van der Waals surface area contributed by atoms with Crippen LogP contribution in [-0.2, 0) is 7.05 Å².